The lowest BCUT2D eigenvalue weighted by atomic mass is 10.1. The summed E-state index contributed by atoms with van der Waals surface area (Å²) in [4.78, 5) is 2.36. The van der Waals surface area contributed by atoms with E-state index < -0.39 is 0 Å². The SMILES string of the molecule is CN(Cc1ccccc1)Cc1cn(C)c2ccccc12. The van der Waals surface area contributed by atoms with Crippen molar-refractivity contribution in [3.8, 4) is 0 Å². The second-order valence-corrected chi connectivity index (χ2v) is 5.44. The molecular formula is C18H20N2. The number of aryl methyl sites for hydroxylation is 1. The summed E-state index contributed by atoms with van der Waals surface area (Å²) in [5.74, 6) is 0. The van der Waals surface area contributed by atoms with Gasteiger partial charge in [-0.25, -0.2) is 0 Å². The predicted octanol–water partition coefficient (Wildman–Crippen LogP) is 3.81. The minimum atomic E-state index is 0.968. The third-order valence-corrected chi connectivity index (χ3v) is 3.72. The molecule has 20 heavy (non-hydrogen) atoms. The zero-order valence-corrected chi connectivity index (χ0v) is 12.1. The minimum absolute atomic E-state index is 0.968. The molecule has 0 bridgehead atoms. The van der Waals surface area contributed by atoms with Crippen molar-refractivity contribution >= 4 is 10.9 Å². The molecule has 0 amide bonds. The molecule has 0 radical (unpaired) electrons. The molecule has 1 heterocycles. The van der Waals surface area contributed by atoms with Gasteiger partial charge in [0.25, 0.3) is 0 Å². The maximum Gasteiger partial charge on any atom is 0.0481 e. The Labute approximate surface area is 120 Å². The fourth-order valence-corrected chi connectivity index (χ4v) is 2.79. The smallest absolute Gasteiger partial charge is 0.0481 e. The summed E-state index contributed by atoms with van der Waals surface area (Å²) in [5.41, 5.74) is 4.05. The standard InChI is InChI=1S/C18H20N2/c1-19(12-15-8-4-3-5-9-15)13-16-14-20(2)18-11-7-6-10-17(16)18/h3-11,14H,12-13H2,1-2H3. The van der Waals surface area contributed by atoms with E-state index in [9.17, 15) is 0 Å². The molecule has 2 nitrogen and oxygen atoms in total. The van der Waals surface area contributed by atoms with Crippen LogP contribution >= 0.6 is 0 Å². The highest BCUT2D eigenvalue weighted by atomic mass is 15.1. The molecule has 3 aromatic rings. The van der Waals surface area contributed by atoms with Crippen LogP contribution in [0.15, 0.2) is 60.8 Å². The van der Waals surface area contributed by atoms with Gasteiger partial charge in [0.1, 0.15) is 0 Å². The lowest BCUT2D eigenvalue weighted by molar-refractivity contribution is 0.320. The van der Waals surface area contributed by atoms with Gasteiger partial charge in [-0.2, -0.15) is 0 Å². The quantitative estimate of drug-likeness (QED) is 0.695. The van der Waals surface area contributed by atoms with Crippen LogP contribution in [0, 0.1) is 0 Å². The van der Waals surface area contributed by atoms with E-state index in [1.165, 1.54) is 22.0 Å². The molecule has 0 saturated carbocycles. The van der Waals surface area contributed by atoms with Crippen LogP contribution in [-0.2, 0) is 20.1 Å². The van der Waals surface area contributed by atoms with Gasteiger partial charge in [-0.3, -0.25) is 4.90 Å². The highest BCUT2D eigenvalue weighted by Crippen LogP contribution is 2.21. The van der Waals surface area contributed by atoms with Crippen molar-refractivity contribution in [2.45, 2.75) is 13.1 Å². The van der Waals surface area contributed by atoms with Gasteiger partial charge in [0.15, 0.2) is 0 Å². The number of aromatic nitrogens is 1. The molecule has 2 aromatic carbocycles. The average Bonchev–Trinajstić information content (AvgIpc) is 2.77. The predicted molar refractivity (Wildman–Crippen MR) is 84.5 cm³/mol. The Balaban J connectivity index is 1.79. The summed E-state index contributed by atoms with van der Waals surface area (Å²) in [5, 5.41) is 1.36. The average molecular weight is 264 g/mol. The molecule has 0 aliphatic carbocycles. The Morgan fingerprint density at radius 2 is 1.60 bits per heavy atom. The Bertz CT molecular complexity index is 698. The molecule has 0 spiro atoms. The van der Waals surface area contributed by atoms with Gasteiger partial charge >= 0.3 is 0 Å². The van der Waals surface area contributed by atoms with Crippen LogP contribution in [0.5, 0.6) is 0 Å². The third-order valence-electron chi connectivity index (χ3n) is 3.72. The van der Waals surface area contributed by atoms with Crippen LogP contribution in [0.25, 0.3) is 10.9 Å². The molecule has 0 saturated heterocycles. The van der Waals surface area contributed by atoms with Gasteiger partial charge in [0.2, 0.25) is 0 Å². The van der Waals surface area contributed by atoms with Crippen molar-refractivity contribution in [3.05, 3.63) is 71.9 Å². The van der Waals surface area contributed by atoms with Crippen LogP contribution in [0.3, 0.4) is 0 Å². The number of hydrogen-bond donors (Lipinski definition) is 0. The number of fused-ring (bicyclic) bond motifs is 1. The van der Waals surface area contributed by atoms with Crippen LogP contribution in [-0.4, -0.2) is 16.5 Å². The number of benzene rings is 2. The van der Waals surface area contributed by atoms with Crippen molar-refractivity contribution in [2.75, 3.05) is 7.05 Å². The second-order valence-electron chi connectivity index (χ2n) is 5.44. The Hall–Kier alpha value is -2.06. The molecule has 0 aliphatic heterocycles. The van der Waals surface area contributed by atoms with Gasteiger partial charge < -0.3 is 4.57 Å². The van der Waals surface area contributed by atoms with E-state index in [1.54, 1.807) is 0 Å². The van der Waals surface area contributed by atoms with Crippen molar-refractivity contribution in [1.82, 2.24) is 9.47 Å². The molecule has 0 unspecified atom stereocenters. The fraction of sp³-hybridized carbons (Fsp3) is 0.222. The topological polar surface area (TPSA) is 8.17 Å². The summed E-state index contributed by atoms with van der Waals surface area (Å²) in [7, 11) is 4.29. The Morgan fingerprint density at radius 1 is 0.900 bits per heavy atom. The maximum absolute atomic E-state index is 2.36. The van der Waals surface area contributed by atoms with Crippen molar-refractivity contribution < 1.29 is 0 Å². The maximum atomic E-state index is 2.36. The van der Waals surface area contributed by atoms with E-state index in [1.807, 2.05) is 0 Å². The Morgan fingerprint density at radius 3 is 2.40 bits per heavy atom. The van der Waals surface area contributed by atoms with E-state index in [-0.39, 0.29) is 0 Å². The highest BCUT2D eigenvalue weighted by Gasteiger charge is 2.08. The molecular weight excluding hydrogens is 244 g/mol. The fourth-order valence-electron chi connectivity index (χ4n) is 2.79. The lowest BCUT2D eigenvalue weighted by Gasteiger charge is -2.16. The normalized spacial score (nSPS) is 11.3. The Kier molecular flexibility index (Phi) is 3.57. The van der Waals surface area contributed by atoms with Gasteiger partial charge in [0, 0.05) is 37.2 Å². The molecule has 0 atom stereocenters. The van der Waals surface area contributed by atoms with E-state index >= 15 is 0 Å². The van der Waals surface area contributed by atoms with E-state index in [0.29, 0.717) is 0 Å². The van der Waals surface area contributed by atoms with Gasteiger partial charge in [-0.05, 0) is 24.2 Å². The number of nitrogens with zero attached hydrogens (tertiary/aromatic N) is 2. The molecule has 2 heteroatoms. The number of para-hydroxylation sites is 1. The largest absolute Gasteiger partial charge is 0.350 e. The molecule has 0 N–H and O–H groups in total. The van der Waals surface area contributed by atoms with Gasteiger partial charge in [0.05, 0.1) is 0 Å². The first-order valence-corrected chi connectivity index (χ1v) is 6.99. The lowest BCUT2D eigenvalue weighted by Crippen LogP contribution is -2.16. The van der Waals surface area contributed by atoms with Crippen molar-refractivity contribution in [3.63, 3.8) is 0 Å². The summed E-state index contributed by atoms with van der Waals surface area (Å²) in [6, 6.07) is 19.2. The highest BCUT2D eigenvalue weighted by molar-refractivity contribution is 5.83. The molecule has 3 rings (SSSR count). The zero-order chi connectivity index (χ0) is 13.9. The minimum Gasteiger partial charge on any atom is -0.350 e. The summed E-state index contributed by atoms with van der Waals surface area (Å²) in [6.07, 6.45) is 2.24. The summed E-state index contributed by atoms with van der Waals surface area (Å²) < 4.78 is 2.21. The first-order valence-electron chi connectivity index (χ1n) is 6.99. The molecule has 0 aliphatic rings. The van der Waals surface area contributed by atoms with Crippen LogP contribution in [0.2, 0.25) is 0 Å². The summed E-state index contributed by atoms with van der Waals surface area (Å²) in [6.45, 7) is 1.94. The van der Waals surface area contributed by atoms with Crippen LogP contribution < -0.4 is 0 Å². The van der Waals surface area contributed by atoms with Crippen molar-refractivity contribution in [2.24, 2.45) is 7.05 Å². The van der Waals surface area contributed by atoms with E-state index in [2.05, 4.69) is 84.4 Å². The monoisotopic (exact) mass is 264 g/mol. The van der Waals surface area contributed by atoms with E-state index in [0.717, 1.165) is 13.1 Å². The molecule has 1 aromatic heterocycles. The zero-order valence-electron chi connectivity index (χ0n) is 12.1. The van der Waals surface area contributed by atoms with Gasteiger partial charge in [-0.1, -0.05) is 48.5 Å². The third kappa shape index (κ3) is 2.61. The molecule has 0 fully saturated rings. The number of hydrogen-bond acceptors (Lipinski definition) is 1. The molecule has 102 valence electrons. The second kappa shape index (κ2) is 5.51. The van der Waals surface area contributed by atoms with Crippen molar-refractivity contribution in [1.29, 1.82) is 0 Å². The first-order chi connectivity index (χ1) is 9.74. The number of rotatable bonds is 4. The van der Waals surface area contributed by atoms with Crippen LogP contribution in [0.4, 0.5) is 0 Å². The van der Waals surface area contributed by atoms with Gasteiger partial charge in [-0.15, -0.1) is 0 Å². The summed E-state index contributed by atoms with van der Waals surface area (Å²) >= 11 is 0. The van der Waals surface area contributed by atoms with Crippen LogP contribution in [0.1, 0.15) is 11.1 Å². The first kappa shape index (κ1) is 12.9. The van der Waals surface area contributed by atoms with E-state index in [4.69, 9.17) is 0 Å².